The molecular formula is C20H18BrClF5NO4. The number of carbonyl (C=O) groups is 2. The lowest BCUT2D eigenvalue weighted by Crippen LogP contribution is -2.36. The van der Waals surface area contributed by atoms with Gasteiger partial charge in [-0.3, -0.25) is 0 Å². The zero-order valence-corrected chi connectivity index (χ0v) is 19.3. The highest BCUT2D eigenvalue weighted by atomic mass is 79.9. The summed E-state index contributed by atoms with van der Waals surface area (Å²) >= 11 is 8.84. The SMILES string of the molecule is COC(=O)C1=C(CF)NC(CBr)=C(C(=O)OC(C)C)C1c1c(F)ccc(Cl)c1C(F)(F)F. The van der Waals surface area contributed by atoms with E-state index in [0.717, 1.165) is 7.11 Å². The van der Waals surface area contributed by atoms with E-state index in [1.54, 1.807) is 0 Å². The van der Waals surface area contributed by atoms with Gasteiger partial charge in [-0.1, -0.05) is 27.5 Å². The Bertz CT molecular complexity index is 991. The van der Waals surface area contributed by atoms with Crippen LogP contribution in [0.25, 0.3) is 0 Å². The van der Waals surface area contributed by atoms with E-state index in [2.05, 4.69) is 26.0 Å². The summed E-state index contributed by atoms with van der Waals surface area (Å²) in [7, 11) is 0.914. The minimum atomic E-state index is -5.17. The van der Waals surface area contributed by atoms with Crippen molar-refractivity contribution < 1.29 is 41.0 Å². The second-order valence-electron chi connectivity index (χ2n) is 6.87. The molecule has 0 amide bonds. The topological polar surface area (TPSA) is 64.6 Å². The number of esters is 2. The summed E-state index contributed by atoms with van der Waals surface area (Å²) < 4.78 is 80.4. The molecule has 5 nitrogen and oxygen atoms in total. The van der Waals surface area contributed by atoms with Gasteiger partial charge in [0.25, 0.3) is 0 Å². The van der Waals surface area contributed by atoms with Crippen molar-refractivity contribution >= 4 is 39.5 Å². The third-order valence-electron chi connectivity index (χ3n) is 4.48. The first kappa shape index (κ1) is 26.1. The highest BCUT2D eigenvalue weighted by molar-refractivity contribution is 9.09. The zero-order chi connectivity index (χ0) is 24.4. The Morgan fingerprint density at radius 2 is 1.78 bits per heavy atom. The number of carbonyl (C=O) groups excluding carboxylic acids is 2. The van der Waals surface area contributed by atoms with Crippen LogP contribution in [0.15, 0.2) is 34.7 Å². The van der Waals surface area contributed by atoms with Gasteiger partial charge >= 0.3 is 18.1 Å². The first-order chi connectivity index (χ1) is 14.9. The Balaban J connectivity index is 3.03. The van der Waals surface area contributed by atoms with Crippen LogP contribution >= 0.6 is 27.5 Å². The summed E-state index contributed by atoms with van der Waals surface area (Å²) in [6.45, 7) is 1.64. The molecule has 1 unspecified atom stereocenters. The van der Waals surface area contributed by atoms with Gasteiger partial charge in [-0.25, -0.2) is 18.4 Å². The Morgan fingerprint density at radius 1 is 1.19 bits per heavy atom. The van der Waals surface area contributed by atoms with Gasteiger partial charge in [0.2, 0.25) is 0 Å². The number of methoxy groups -OCH3 is 1. The third-order valence-corrected chi connectivity index (χ3v) is 5.35. The van der Waals surface area contributed by atoms with E-state index in [4.69, 9.17) is 16.3 Å². The molecule has 32 heavy (non-hydrogen) atoms. The van der Waals surface area contributed by atoms with Crippen LogP contribution < -0.4 is 5.32 Å². The number of dihydropyridines is 1. The van der Waals surface area contributed by atoms with E-state index in [1.807, 2.05) is 0 Å². The van der Waals surface area contributed by atoms with Crippen LogP contribution in [0.1, 0.15) is 30.9 Å². The van der Waals surface area contributed by atoms with Crippen LogP contribution in [0.5, 0.6) is 0 Å². The van der Waals surface area contributed by atoms with Gasteiger partial charge < -0.3 is 14.8 Å². The quantitative estimate of drug-likeness (QED) is 0.303. The Hall–Kier alpha value is -2.14. The van der Waals surface area contributed by atoms with Gasteiger partial charge in [0.1, 0.15) is 12.5 Å². The molecule has 12 heteroatoms. The van der Waals surface area contributed by atoms with E-state index in [-0.39, 0.29) is 11.0 Å². The minimum Gasteiger partial charge on any atom is -0.466 e. The lowest BCUT2D eigenvalue weighted by molar-refractivity contribution is -0.144. The van der Waals surface area contributed by atoms with Gasteiger partial charge in [0.05, 0.1) is 46.6 Å². The number of allylic oxidation sites excluding steroid dienone is 2. The third kappa shape index (κ3) is 5.09. The zero-order valence-electron chi connectivity index (χ0n) is 17.0. The second kappa shape index (κ2) is 10.2. The predicted octanol–water partition coefficient (Wildman–Crippen LogP) is 5.18. The average molecular weight is 547 g/mol. The van der Waals surface area contributed by atoms with E-state index < -0.39 is 75.6 Å². The van der Waals surface area contributed by atoms with Crippen molar-refractivity contribution in [1.82, 2.24) is 5.32 Å². The Morgan fingerprint density at radius 3 is 2.25 bits per heavy atom. The summed E-state index contributed by atoms with van der Waals surface area (Å²) in [4.78, 5) is 25.5. The Labute approximate surface area is 193 Å². The number of nitrogens with one attached hydrogen (secondary N) is 1. The molecule has 0 fully saturated rings. The van der Waals surface area contributed by atoms with Crippen molar-refractivity contribution in [2.45, 2.75) is 32.0 Å². The summed E-state index contributed by atoms with van der Waals surface area (Å²) in [5, 5.41) is 1.47. The highest BCUT2D eigenvalue weighted by Crippen LogP contribution is 2.48. The lowest BCUT2D eigenvalue weighted by atomic mass is 9.78. The second-order valence-corrected chi connectivity index (χ2v) is 7.84. The van der Waals surface area contributed by atoms with Crippen molar-refractivity contribution in [3.05, 3.63) is 56.6 Å². The van der Waals surface area contributed by atoms with Gasteiger partial charge in [0, 0.05) is 16.6 Å². The molecule has 0 spiro atoms. The monoisotopic (exact) mass is 545 g/mol. The van der Waals surface area contributed by atoms with Crippen molar-refractivity contribution in [3.8, 4) is 0 Å². The molecule has 0 aromatic heterocycles. The number of halogens is 7. The van der Waals surface area contributed by atoms with E-state index in [0.29, 0.717) is 12.1 Å². The Kier molecular flexibility index (Phi) is 8.33. The van der Waals surface area contributed by atoms with Gasteiger partial charge in [-0.2, -0.15) is 13.2 Å². The van der Waals surface area contributed by atoms with E-state index in [9.17, 15) is 27.2 Å². The van der Waals surface area contributed by atoms with Crippen LogP contribution in [-0.2, 0) is 25.2 Å². The molecule has 1 aliphatic rings. The summed E-state index contributed by atoms with van der Waals surface area (Å²) in [5.41, 5.74) is -4.53. The maximum atomic E-state index is 15.0. The first-order valence-electron chi connectivity index (χ1n) is 9.08. The number of ether oxygens (including phenoxy) is 2. The fourth-order valence-electron chi connectivity index (χ4n) is 3.32. The summed E-state index contributed by atoms with van der Waals surface area (Å²) in [6, 6.07) is 1.36. The van der Waals surface area contributed by atoms with Crippen molar-refractivity contribution in [1.29, 1.82) is 0 Å². The number of hydrogen-bond donors (Lipinski definition) is 1. The molecule has 176 valence electrons. The van der Waals surface area contributed by atoms with E-state index in [1.165, 1.54) is 13.8 Å². The maximum Gasteiger partial charge on any atom is 0.418 e. The minimum absolute atomic E-state index is 0.103. The van der Waals surface area contributed by atoms with Crippen molar-refractivity contribution in [2.24, 2.45) is 0 Å². The lowest BCUT2D eigenvalue weighted by Gasteiger charge is -2.33. The molecule has 0 bridgehead atoms. The van der Waals surface area contributed by atoms with Crippen molar-refractivity contribution in [2.75, 3.05) is 19.1 Å². The smallest absolute Gasteiger partial charge is 0.418 e. The molecule has 1 aliphatic heterocycles. The van der Waals surface area contributed by atoms with Crippen LogP contribution in [-0.4, -0.2) is 37.2 Å². The van der Waals surface area contributed by atoms with Gasteiger partial charge in [-0.05, 0) is 26.0 Å². The number of alkyl halides is 5. The number of rotatable bonds is 6. The predicted molar refractivity (Wildman–Crippen MR) is 109 cm³/mol. The molecule has 1 heterocycles. The fourth-order valence-corrected chi connectivity index (χ4v) is 4.03. The number of benzene rings is 1. The molecule has 1 aromatic rings. The molecule has 0 saturated carbocycles. The largest absolute Gasteiger partial charge is 0.466 e. The summed E-state index contributed by atoms with van der Waals surface area (Å²) in [5.74, 6) is -5.80. The van der Waals surface area contributed by atoms with Gasteiger partial charge in [-0.15, -0.1) is 0 Å². The highest BCUT2D eigenvalue weighted by Gasteiger charge is 2.47. The maximum absolute atomic E-state index is 15.0. The van der Waals surface area contributed by atoms with Crippen LogP contribution in [0.2, 0.25) is 5.02 Å². The van der Waals surface area contributed by atoms with Crippen molar-refractivity contribution in [3.63, 3.8) is 0 Å². The van der Waals surface area contributed by atoms with Crippen LogP contribution in [0.3, 0.4) is 0 Å². The summed E-state index contributed by atoms with van der Waals surface area (Å²) in [6.07, 6.45) is -5.87. The molecule has 0 radical (unpaired) electrons. The average Bonchev–Trinajstić information content (AvgIpc) is 2.71. The van der Waals surface area contributed by atoms with Gasteiger partial charge in [0.15, 0.2) is 0 Å². The molecule has 0 aliphatic carbocycles. The molecule has 1 aromatic carbocycles. The normalized spacial score (nSPS) is 16.9. The molecule has 1 N–H and O–H groups in total. The molecular weight excluding hydrogens is 529 g/mol. The molecule has 1 atom stereocenters. The standard InChI is InChI=1S/C20H18BrClF5NO4/c1-8(2)32-19(30)14-11(6-21)28-12(7-23)15(18(29)31-3)16(14)13-10(24)5-4-9(22)17(13)20(25,26)27/h4-5,8,16,28H,6-7H2,1-3H3. The fraction of sp³-hybridized carbons (Fsp3) is 0.400. The van der Waals surface area contributed by atoms with Crippen LogP contribution in [0.4, 0.5) is 22.0 Å². The first-order valence-corrected chi connectivity index (χ1v) is 10.6. The van der Waals surface area contributed by atoms with Crippen LogP contribution in [0, 0.1) is 5.82 Å². The van der Waals surface area contributed by atoms with E-state index >= 15 is 4.39 Å². The molecule has 2 rings (SSSR count). The molecule has 0 saturated heterocycles. The number of hydrogen-bond acceptors (Lipinski definition) is 5.